The number of benzene rings is 1. The molecule has 2 aliphatic heterocycles. The molecule has 1 aromatic heterocycles. The molecule has 0 saturated carbocycles. The van der Waals surface area contributed by atoms with E-state index in [9.17, 15) is 4.79 Å². The van der Waals surface area contributed by atoms with E-state index >= 15 is 0 Å². The van der Waals surface area contributed by atoms with Gasteiger partial charge in [0, 0.05) is 23.7 Å². The third kappa shape index (κ3) is 2.86. The molecule has 2 bridgehead atoms. The van der Waals surface area contributed by atoms with Gasteiger partial charge in [-0.25, -0.2) is 9.67 Å². The van der Waals surface area contributed by atoms with Crippen molar-refractivity contribution in [3.63, 3.8) is 0 Å². The van der Waals surface area contributed by atoms with Gasteiger partial charge in [0.15, 0.2) is 0 Å². The summed E-state index contributed by atoms with van der Waals surface area (Å²) in [5.74, 6) is 0.0181. The third-order valence-electron chi connectivity index (χ3n) is 4.93. The molecule has 0 radical (unpaired) electrons. The van der Waals surface area contributed by atoms with Crippen LogP contribution in [0.5, 0.6) is 0 Å². The zero-order valence-corrected chi connectivity index (χ0v) is 13.2. The summed E-state index contributed by atoms with van der Waals surface area (Å²) in [7, 11) is 0. The second-order valence-corrected chi connectivity index (χ2v) is 6.62. The summed E-state index contributed by atoms with van der Waals surface area (Å²) >= 11 is 0. The highest BCUT2D eigenvalue weighted by Crippen LogP contribution is 2.27. The Morgan fingerprint density at radius 3 is 2.74 bits per heavy atom. The Kier molecular flexibility index (Phi) is 3.61. The SMILES string of the molecule is Cc1cc(C(=O)NC2CC3CCC(C2)N3)ccc1-n1cncn1. The van der Waals surface area contributed by atoms with E-state index in [0.717, 1.165) is 24.1 Å². The van der Waals surface area contributed by atoms with Crippen LogP contribution in [0.3, 0.4) is 0 Å². The van der Waals surface area contributed by atoms with Crippen LogP contribution in [0.2, 0.25) is 0 Å². The lowest BCUT2D eigenvalue weighted by molar-refractivity contribution is 0.0924. The predicted octanol–water partition coefficient (Wildman–Crippen LogP) is 1.59. The molecule has 23 heavy (non-hydrogen) atoms. The number of carbonyl (C=O) groups excluding carboxylic acids is 1. The van der Waals surface area contributed by atoms with Crippen molar-refractivity contribution in [1.82, 2.24) is 25.4 Å². The smallest absolute Gasteiger partial charge is 0.251 e. The Morgan fingerprint density at radius 1 is 1.30 bits per heavy atom. The molecule has 2 N–H and O–H groups in total. The Balaban J connectivity index is 1.47. The van der Waals surface area contributed by atoms with Crippen molar-refractivity contribution < 1.29 is 4.79 Å². The second kappa shape index (κ2) is 5.77. The minimum Gasteiger partial charge on any atom is -0.349 e. The number of hydrogen-bond donors (Lipinski definition) is 2. The van der Waals surface area contributed by atoms with Crippen molar-refractivity contribution >= 4 is 5.91 Å². The van der Waals surface area contributed by atoms with Crippen LogP contribution >= 0.6 is 0 Å². The number of nitrogens with one attached hydrogen (secondary N) is 2. The van der Waals surface area contributed by atoms with Crippen LogP contribution in [-0.2, 0) is 0 Å². The topological polar surface area (TPSA) is 71.8 Å². The molecule has 6 nitrogen and oxygen atoms in total. The van der Waals surface area contributed by atoms with Gasteiger partial charge in [-0.1, -0.05) is 0 Å². The maximum atomic E-state index is 12.5. The fraction of sp³-hybridized carbons (Fsp3) is 0.471. The van der Waals surface area contributed by atoms with Crippen LogP contribution in [0, 0.1) is 6.92 Å². The maximum absolute atomic E-state index is 12.5. The number of nitrogens with zero attached hydrogens (tertiary/aromatic N) is 3. The number of rotatable bonds is 3. The van der Waals surface area contributed by atoms with E-state index in [0.29, 0.717) is 17.6 Å². The van der Waals surface area contributed by atoms with Crippen molar-refractivity contribution in [2.45, 2.75) is 50.7 Å². The third-order valence-corrected chi connectivity index (χ3v) is 4.93. The highest BCUT2D eigenvalue weighted by atomic mass is 16.1. The van der Waals surface area contributed by atoms with Gasteiger partial charge in [0.1, 0.15) is 12.7 Å². The number of piperidine rings is 1. The fourth-order valence-electron chi connectivity index (χ4n) is 3.83. The van der Waals surface area contributed by atoms with E-state index in [2.05, 4.69) is 20.7 Å². The number of carbonyl (C=O) groups is 1. The standard InChI is InChI=1S/C17H21N5O/c1-11-6-12(2-5-16(11)22-10-18-9-19-22)17(23)21-15-7-13-3-4-14(8-15)20-13/h2,5-6,9-10,13-15,20H,3-4,7-8H2,1H3,(H,21,23). The number of amides is 1. The number of hydrogen-bond acceptors (Lipinski definition) is 4. The summed E-state index contributed by atoms with van der Waals surface area (Å²) < 4.78 is 1.71. The molecule has 3 heterocycles. The highest BCUT2D eigenvalue weighted by molar-refractivity contribution is 5.94. The normalized spacial score (nSPS) is 26.2. The minimum absolute atomic E-state index is 0.0181. The molecule has 0 spiro atoms. The van der Waals surface area contributed by atoms with E-state index in [4.69, 9.17) is 0 Å². The lowest BCUT2D eigenvalue weighted by Crippen LogP contribution is -2.48. The maximum Gasteiger partial charge on any atom is 0.251 e. The molecule has 1 amide bonds. The molecule has 0 aliphatic carbocycles. The molecule has 2 unspecified atom stereocenters. The van der Waals surface area contributed by atoms with Crippen molar-refractivity contribution in [2.24, 2.45) is 0 Å². The quantitative estimate of drug-likeness (QED) is 0.903. The van der Waals surface area contributed by atoms with E-state index in [-0.39, 0.29) is 11.9 Å². The number of aryl methyl sites for hydroxylation is 1. The summed E-state index contributed by atoms with van der Waals surface area (Å²) in [4.78, 5) is 16.5. The molecule has 120 valence electrons. The van der Waals surface area contributed by atoms with Crippen LogP contribution in [0.25, 0.3) is 5.69 Å². The monoisotopic (exact) mass is 311 g/mol. The molecule has 2 aromatic rings. The second-order valence-electron chi connectivity index (χ2n) is 6.62. The van der Waals surface area contributed by atoms with Gasteiger partial charge >= 0.3 is 0 Å². The van der Waals surface area contributed by atoms with Crippen LogP contribution in [0.1, 0.15) is 41.6 Å². The van der Waals surface area contributed by atoms with Gasteiger partial charge < -0.3 is 10.6 Å². The van der Waals surface area contributed by atoms with Crippen molar-refractivity contribution in [3.05, 3.63) is 42.0 Å². The van der Waals surface area contributed by atoms with Gasteiger partial charge in [-0.15, -0.1) is 0 Å². The molecular formula is C17H21N5O. The first-order chi connectivity index (χ1) is 11.2. The van der Waals surface area contributed by atoms with E-state index < -0.39 is 0 Å². The summed E-state index contributed by atoms with van der Waals surface area (Å²) in [6.45, 7) is 1.98. The predicted molar refractivity (Wildman–Crippen MR) is 86.5 cm³/mol. The lowest BCUT2D eigenvalue weighted by atomic mass is 9.99. The van der Waals surface area contributed by atoms with Gasteiger partial charge in [-0.2, -0.15) is 5.10 Å². The largest absolute Gasteiger partial charge is 0.349 e. The summed E-state index contributed by atoms with van der Waals surface area (Å²) in [5, 5.41) is 10.9. The Labute approximate surface area is 135 Å². The van der Waals surface area contributed by atoms with Crippen molar-refractivity contribution in [2.75, 3.05) is 0 Å². The molecule has 1 aromatic carbocycles. The van der Waals surface area contributed by atoms with Crippen molar-refractivity contribution in [3.8, 4) is 5.69 Å². The first-order valence-electron chi connectivity index (χ1n) is 8.21. The van der Waals surface area contributed by atoms with E-state index in [1.54, 1.807) is 11.0 Å². The Morgan fingerprint density at radius 2 is 2.09 bits per heavy atom. The van der Waals surface area contributed by atoms with Gasteiger partial charge in [-0.05, 0) is 56.4 Å². The Bertz CT molecular complexity index is 700. The minimum atomic E-state index is 0.0181. The zero-order valence-electron chi connectivity index (χ0n) is 13.2. The molecule has 2 atom stereocenters. The highest BCUT2D eigenvalue weighted by Gasteiger charge is 2.34. The molecule has 6 heteroatoms. The first-order valence-corrected chi connectivity index (χ1v) is 8.21. The molecule has 2 saturated heterocycles. The molecular weight excluding hydrogens is 290 g/mol. The average Bonchev–Trinajstić information content (AvgIpc) is 3.17. The van der Waals surface area contributed by atoms with Gasteiger partial charge in [0.05, 0.1) is 5.69 Å². The lowest BCUT2D eigenvalue weighted by Gasteiger charge is -2.29. The first kappa shape index (κ1) is 14.4. The summed E-state index contributed by atoms with van der Waals surface area (Å²) in [6, 6.07) is 7.14. The number of fused-ring (bicyclic) bond motifs is 2. The molecule has 4 rings (SSSR count). The van der Waals surface area contributed by atoms with E-state index in [1.807, 2.05) is 25.1 Å². The van der Waals surface area contributed by atoms with Gasteiger partial charge in [0.25, 0.3) is 5.91 Å². The average molecular weight is 311 g/mol. The summed E-state index contributed by atoms with van der Waals surface area (Å²) in [6.07, 6.45) is 7.72. The molecule has 2 fully saturated rings. The molecule has 2 aliphatic rings. The van der Waals surface area contributed by atoms with Crippen LogP contribution < -0.4 is 10.6 Å². The van der Waals surface area contributed by atoms with Crippen LogP contribution in [0.15, 0.2) is 30.9 Å². The zero-order chi connectivity index (χ0) is 15.8. The van der Waals surface area contributed by atoms with Crippen molar-refractivity contribution in [1.29, 1.82) is 0 Å². The summed E-state index contributed by atoms with van der Waals surface area (Å²) in [5.41, 5.74) is 2.66. The van der Waals surface area contributed by atoms with Crippen LogP contribution in [0.4, 0.5) is 0 Å². The van der Waals surface area contributed by atoms with Crippen LogP contribution in [-0.4, -0.2) is 38.8 Å². The van der Waals surface area contributed by atoms with E-state index in [1.165, 1.54) is 19.2 Å². The van der Waals surface area contributed by atoms with Gasteiger partial charge in [0.2, 0.25) is 0 Å². The fourth-order valence-corrected chi connectivity index (χ4v) is 3.83. The Hall–Kier alpha value is -2.21. The van der Waals surface area contributed by atoms with Gasteiger partial charge in [-0.3, -0.25) is 4.79 Å². The number of aromatic nitrogens is 3.